The number of fused-ring (bicyclic) bond motifs is 2. The van der Waals surface area contributed by atoms with Gasteiger partial charge in [-0.05, 0) is 31.5 Å². The van der Waals surface area contributed by atoms with Crippen molar-refractivity contribution >= 4 is 47.5 Å². The predicted molar refractivity (Wildman–Crippen MR) is 162 cm³/mol. The van der Waals surface area contributed by atoms with Crippen molar-refractivity contribution in [2.75, 3.05) is 20.7 Å². The summed E-state index contributed by atoms with van der Waals surface area (Å²) in [7, 11) is 2.54. The number of carbonyl (C=O) groups is 6. The number of carbonyl (C=O) groups excluding carboxylic acids is 6. The van der Waals surface area contributed by atoms with Crippen LogP contribution in [0.15, 0.2) is 48.5 Å². The number of hydroxylamine groups is 1. The molecule has 4 amide bonds. The van der Waals surface area contributed by atoms with Crippen LogP contribution in [0.5, 0.6) is 11.5 Å². The molecule has 2 fully saturated rings. The van der Waals surface area contributed by atoms with Gasteiger partial charge in [-0.25, -0.2) is 9.59 Å². The van der Waals surface area contributed by atoms with Gasteiger partial charge < -0.3 is 39.7 Å². The number of rotatable bonds is 10. The number of nitrogens with one attached hydrogen (secondary N) is 3. The van der Waals surface area contributed by atoms with Crippen molar-refractivity contribution in [1.29, 1.82) is 0 Å². The van der Waals surface area contributed by atoms with E-state index in [4.69, 9.17) is 14.3 Å². The highest BCUT2D eigenvalue weighted by Crippen LogP contribution is 2.51. The van der Waals surface area contributed by atoms with Crippen LogP contribution >= 0.6 is 11.8 Å². The summed E-state index contributed by atoms with van der Waals surface area (Å²) in [6, 6.07) is 9.52. The summed E-state index contributed by atoms with van der Waals surface area (Å²) >= 11 is 1.35. The van der Waals surface area contributed by atoms with Gasteiger partial charge in [0.1, 0.15) is 23.5 Å². The van der Waals surface area contributed by atoms with Crippen LogP contribution in [-0.2, 0) is 28.8 Å². The maximum absolute atomic E-state index is 13.6. The van der Waals surface area contributed by atoms with Crippen molar-refractivity contribution in [3.8, 4) is 11.5 Å². The van der Waals surface area contributed by atoms with Crippen LogP contribution in [0, 0.1) is 0 Å². The van der Waals surface area contributed by atoms with Crippen molar-refractivity contribution in [3.63, 3.8) is 0 Å². The van der Waals surface area contributed by atoms with Gasteiger partial charge in [-0.1, -0.05) is 36.4 Å². The Hall–Kier alpha value is -4.87. The number of hydrogen-bond acceptors (Lipinski definition) is 13. The van der Waals surface area contributed by atoms with Crippen molar-refractivity contribution in [2.24, 2.45) is 0 Å². The normalized spacial score (nSPS) is 22.9. The number of para-hydroxylation sites is 1. The number of hydrogen-bond donors (Lipinski definition) is 4. The van der Waals surface area contributed by atoms with E-state index in [0.29, 0.717) is 5.56 Å². The molecule has 3 heterocycles. The highest BCUT2D eigenvalue weighted by atomic mass is 32.2. The van der Waals surface area contributed by atoms with E-state index in [-0.39, 0.29) is 30.0 Å². The second-order valence-corrected chi connectivity index (χ2v) is 12.9. The van der Waals surface area contributed by atoms with Gasteiger partial charge in [-0.3, -0.25) is 24.1 Å². The maximum atomic E-state index is 13.6. The number of aliphatic hydroxyl groups excluding tert-OH is 1. The zero-order valence-electron chi connectivity index (χ0n) is 25.8. The largest absolute Gasteiger partial charge is 0.513 e. The molecule has 0 aliphatic carbocycles. The fourth-order valence-corrected chi connectivity index (χ4v) is 7.19. The molecule has 2 saturated heterocycles. The molecule has 0 saturated carbocycles. The third-order valence-electron chi connectivity index (χ3n) is 7.76. The van der Waals surface area contributed by atoms with Crippen LogP contribution in [0.2, 0.25) is 0 Å². The predicted octanol–water partition coefficient (Wildman–Crippen LogP) is 0.415. The standard InChI is InChI=1S/C30H33N5O11S/c1-30(2)22(27(40)46-31-3)35-25(39)20(26(35)47-30)33-23(37)19(15-9-6-5-7-10-15)32-18(36)13-14-34-24(38)16-11-8-12-17(44-29(42)43-4)21(16)45-28(34)41/h5-12,19-20,22,26,28,31,41H,13-14H2,1-4H3,(H,32,36)(H,33,37). The molecule has 250 valence electrons. The number of aliphatic hydroxyl groups is 1. The zero-order chi connectivity index (χ0) is 34.0. The molecule has 4 N–H and O–H groups in total. The minimum atomic E-state index is -1.81. The van der Waals surface area contributed by atoms with Gasteiger partial charge in [0, 0.05) is 24.8 Å². The smallest absolute Gasteiger partial charge is 0.442 e. The number of methoxy groups -OCH3 is 1. The first-order valence-corrected chi connectivity index (χ1v) is 15.3. The zero-order valence-corrected chi connectivity index (χ0v) is 26.6. The topological polar surface area (TPSA) is 202 Å². The molecule has 5 rings (SSSR count). The Labute approximate surface area is 273 Å². The molecule has 0 bridgehead atoms. The molecule has 5 unspecified atom stereocenters. The Morgan fingerprint density at radius 2 is 1.81 bits per heavy atom. The van der Waals surface area contributed by atoms with E-state index in [9.17, 15) is 33.9 Å². The molecule has 3 aliphatic heterocycles. The number of ether oxygens (including phenoxy) is 3. The van der Waals surface area contributed by atoms with E-state index in [1.54, 1.807) is 44.2 Å². The average molecular weight is 672 g/mol. The second kappa shape index (κ2) is 13.5. The third-order valence-corrected chi connectivity index (χ3v) is 9.34. The summed E-state index contributed by atoms with van der Waals surface area (Å²) in [6.07, 6.45) is -3.20. The first kappa shape index (κ1) is 33.5. The van der Waals surface area contributed by atoms with Crippen molar-refractivity contribution in [2.45, 2.75) is 54.9 Å². The molecule has 3 aliphatic rings. The molecule has 16 nitrogen and oxygen atoms in total. The third kappa shape index (κ3) is 6.54. The highest BCUT2D eigenvalue weighted by Gasteiger charge is 2.64. The van der Waals surface area contributed by atoms with E-state index in [0.717, 1.165) is 12.0 Å². The molecule has 0 spiro atoms. The lowest BCUT2D eigenvalue weighted by Gasteiger charge is -2.44. The van der Waals surface area contributed by atoms with Crippen LogP contribution in [0.1, 0.15) is 42.2 Å². The minimum Gasteiger partial charge on any atom is -0.442 e. The number of benzene rings is 2. The fraction of sp³-hybridized carbons (Fsp3) is 0.400. The Morgan fingerprint density at radius 1 is 1.09 bits per heavy atom. The first-order chi connectivity index (χ1) is 22.4. The van der Waals surface area contributed by atoms with Crippen LogP contribution in [0.3, 0.4) is 0 Å². The highest BCUT2D eigenvalue weighted by molar-refractivity contribution is 8.01. The van der Waals surface area contributed by atoms with Crippen LogP contribution in [0.25, 0.3) is 0 Å². The SMILES string of the molecule is CNOC(=O)C1N2C(=O)C(NC(=O)C(NC(=O)CCN3C(=O)c4cccc(OC(=O)OC)c4OC3O)c3ccccc3)C2SC1(C)C. The van der Waals surface area contributed by atoms with Crippen LogP contribution < -0.4 is 25.6 Å². The van der Waals surface area contributed by atoms with E-state index in [1.165, 1.54) is 41.9 Å². The van der Waals surface area contributed by atoms with Gasteiger partial charge in [0.2, 0.25) is 17.7 Å². The molecule has 5 atom stereocenters. The van der Waals surface area contributed by atoms with Gasteiger partial charge in [-0.15, -0.1) is 11.8 Å². The van der Waals surface area contributed by atoms with Crippen LogP contribution in [-0.4, -0.2) is 100.0 Å². The summed E-state index contributed by atoms with van der Waals surface area (Å²) in [4.78, 5) is 84.5. The lowest BCUT2D eigenvalue weighted by molar-refractivity contribution is -0.168. The first-order valence-electron chi connectivity index (χ1n) is 14.4. The Morgan fingerprint density at radius 3 is 2.49 bits per heavy atom. The molecule has 2 aromatic carbocycles. The fourth-order valence-electron chi connectivity index (χ4n) is 5.57. The lowest BCUT2D eigenvalue weighted by atomic mass is 9.95. The summed E-state index contributed by atoms with van der Waals surface area (Å²) in [5.41, 5.74) is 2.74. The van der Waals surface area contributed by atoms with Gasteiger partial charge in [0.25, 0.3) is 12.3 Å². The summed E-state index contributed by atoms with van der Waals surface area (Å²) in [5, 5.41) is 15.4. The second-order valence-electron chi connectivity index (χ2n) is 11.2. The number of nitrogens with zero attached hydrogens (tertiary/aromatic N) is 2. The van der Waals surface area contributed by atoms with E-state index < -0.39 is 70.4 Å². The molecule has 47 heavy (non-hydrogen) atoms. The molecular weight excluding hydrogens is 638 g/mol. The molecular formula is C30H33N5O11S. The number of thioether (sulfide) groups is 1. The molecule has 0 aromatic heterocycles. The summed E-state index contributed by atoms with van der Waals surface area (Å²) in [5.74, 6) is -3.40. The van der Waals surface area contributed by atoms with Gasteiger partial charge in [0.05, 0.1) is 12.7 Å². The van der Waals surface area contributed by atoms with E-state index in [1.807, 2.05) is 0 Å². The van der Waals surface area contributed by atoms with Gasteiger partial charge >= 0.3 is 12.1 Å². The number of amides is 4. The van der Waals surface area contributed by atoms with Crippen LogP contribution in [0.4, 0.5) is 4.79 Å². The van der Waals surface area contributed by atoms with Crippen molar-refractivity contribution < 1.29 is 52.9 Å². The van der Waals surface area contributed by atoms with E-state index >= 15 is 0 Å². The maximum Gasteiger partial charge on any atom is 0.513 e. The van der Waals surface area contributed by atoms with Crippen molar-refractivity contribution in [1.82, 2.24) is 25.9 Å². The Bertz CT molecular complexity index is 1590. The van der Waals surface area contributed by atoms with Gasteiger partial charge in [0.15, 0.2) is 11.5 Å². The van der Waals surface area contributed by atoms with Gasteiger partial charge in [-0.2, -0.15) is 5.48 Å². The Balaban J connectivity index is 1.25. The number of β-lactam (4-membered cyclic amide) rings is 1. The summed E-state index contributed by atoms with van der Waals surface area (Å²) < 4.78 is 14.2. The summed E-state index contributed by atoms with van der Waals surface area (Å²) in [6.45, 7) is 3.31. The van der Waals surface area contributed by atoms with E-state index in [2.05, 4.69) is 20.9 Å². The average Bonchev–Trinajstić information content (AvgIpc) is 3.30. The lowest BCUT2D eigenvalue weighted by Crippen LogP contribution is -2.71. The monoisotopic (exact) mass is 671 g/mol. The minimum absolute atomic E-state index is 0.0210. The molecule has 17 heteroatoms. The molecule has 0 radical (unpaired) electrons. The molecule has 2 aromatic rings. The quantitative estimate of drug-likeness (QED) is 0.117. The Kier molecular flexibility index (Phi) is 9.60. The van der Waals surface area contributed by atoms with Crippen molar-refractivity contribution in [3.05, 3.63) is 59.7 Å².